The largest absolute Gasteiger partial charge is 0.482 e. The maximum atomic E-state index is 11.6. The number of hydrogen-bond acceptors (Lipinski definition) is 5. The number of carbonyl (C=O) groups excluding carboxylic acids is 1. The maximum Gasteiger partial charge on any atom is 0.335 e. The Morgan fingerprint density at radius 1 is 1.21 bits per heavy atom. The first-order chi connectivity index (χ1) is 11.6. The second-order valence-electron chi connectivity index (χ2n) is 4.62. The molecule has 0 aliphatic heterocycles. The number of para-hydroxylation sites is 1. The summed E-state index contributed by atoms with van der Waals surface area (Å²) in [6.45, 7) is -0.284. The predicted octanol–water partition coefficient (Wildman–Crippen LogP) is 1.79. The lowest BCUT2D eigenvalue weighted by atomic mass is 10.1. The van der Waals surface area contributed by atoms with E-state index in [1.165, 1.54) is 18.3 Å². The lowest BCUT2D eigenvalue weighted by Gasteiger charge is -2.06. The summed E-state index contributed by atoms with van der Waals surface area (Å²) >= 11 is 0. The molecule has 24 heavy (non-hydrogen) atoms. The van der Waals surface area contributed by atoms with Crippen LogP contribution in [0.1, 0.15) is 21.5 Å². The number of nitrogens with one attached hydrogen (secondary N) is 1. The number of ether oxygens (including phenoxy) is 1. The number of hydrazone groups is 1. The molecule has 7 heteroatoms. The van der Waals surface area contributed by atoms with Crippen molar-refractivity contribution in [2.75, 3.05) is 6.61 Å². The first-order valence-electron chi connectivity index (χ1n) is 6.87. The smallest absolute Gasteiger partial charge is 0.335 e. The molecular formula is C17H13N3O4. The predicted molar refractivity (Wildman–Crippen MR) is 85.8 cm³/mol. The fraction of sp³-hybridized carbons (Fsp3) is 0.0588. The van der Waals surface area contributed by atoms with Gasteiger partial charge in [-0.25, -0.2) is 10.2 Å². The van der Waals surface area contributed by atoms with E-state index >= 15 is 0 Å². The summed E-state index contributed by atoms with van der Waals surface area (Å²) in [5.41, 5.74) is 3.43. The van der Waals surface area contributed by atoms with E-state index in [2.05, 4.69) is 10.5 Å². The molecule has 0 fully saturated rings. The van der Waals surface area contributed by atoms with Gasteiger partial charge in [0.1, 0.15) is 11.8 Å². The zero-order valence-corrected chi connectivity index (χ0v) is 12.5. The minimum atomic E-state index is -1.01. The van der Waals surface area contributed by atoms with Crippen LogP contribution in [-0.4, -0.2) is 29.8 Å². The van der Waals surface area contributed by atoms with Crippen LogP contribution < -0.4 is 10.2 Å². The van der Waals surface area contributed by atoms with Crippen molar-refractivity contribution in [3.63, 3.8) is 0 Å². The molecule has 120 valence electrons. The van der Waals surface area contributed by atoms with E-state index in [1.807, 2.05) is 6.07 Å². The van der Waals surface area contributed by atoms with Crippen LogP contribution >= 0.6 is 0 Å². The van der Waals surface area contributed by atoms with Crippen molar-refractivity contribution in [3.05, 3.63) is 65.2 Å². The highest BCUT2D eigenvalue weighted by Crippen LogP contribution is 2.16. The molecule has 0 saturated carbocycles. The molecular weight excluding hydrogens is 310 g/mol. The number of amides is 1. The van der Waals surface area contributed by atoms with Gasteiger partial charge < -0.3 is 9.84 Å². The molecule has 0 atom stereocenters. The van der Waals surface area contributed by atoms with Crippen LogP contribution in [-0.2, 0) is 4.79 Å². The Balaban J connectivity index is 1.84. The van der Waals surface area contributed by atoms with Gasteiger partial charge in [0.15, 0.2) is 6.61 Å². The average Bonchev–Trinajstić information content (AvgIpc) is 2.60. The van der Waals surface area contributed by atoms with Gasteiger partial charge in [-0.05, 0) is 29.8 Å². The van der Waals surface area contributed by atoms with Gasteiger partial charge >= 0.3 is 5.97 Å². The van der Waals surface area contributed by atoms with E-state index in [4.69, 9.17) is 15.1 Å². The van der Waals surface area contributed by atoms with Crippen molar-refractivity contribution in [2.45, 2.75) is 0 Å². The number of rotatable bonds is 6. The van der Waals surface area contributed by atoms with Crippen LogP contribution in [0.3, 0.4) is 0 Å². The molecule has 0 spiro atoms. The SMILES string of the molecule is N#Cc1ccccc1OCC(=O)N/N=C/c1ccc(C(=O)O)cc1. The third kappa shape index (κ3) is 4.68. The van der Waals surface area contributed by atoms with Gasteiger partial charge in [-0.1, -0.05) is 24.3 Å². The monoisotopic (exact) mass is 323 g/mol. The molecule has 7 nitrogen and oxygen atoms in total. The molecule has 2 aromatic carbocycles. The molecule has 2 aromatic rings. The van der Waals surface area contributed by atoms with Crippen LogP contribution in [0.2, 0.25) is 0 Å². The van der Waals surface area contributed by atoms with Crippen molar-refractivity contribution in [1.82, 2.24) is 5.43 Å². The number of carbonyl (C=O) groups is 2. The van der Waals surface area contributed by atoms with E-state index < -0.39 is 11.9 Å². The third-order valence-electron chi connectivity index (χ3n) is 2.93. The Bertz CT molecular complexity index is 807. The minimum Gasteiger partial charge on any atom is -0.482 e. The number of benzene rings is 2. The van der Waals surface area contributed by atoms with Crippen LogP contribution in [0.5, 0.6) is 5.75 Å². The van der Waals surface area contributed by atoms with E-state index in [1.54, 1.807) is 36.4 Å². The lowest BCUT2D eigenvalue weighted by molar-refractivity contribution is -0.123. The summed E-state index contributed by atoms with van der Waals surface area (Å²) in [5, 5.41) is 21.5. The van der Waals surface area contributed by atoms with Gasteiger partial charge in [-0.3, -0.25) is 4.79 Å². The highest BCUT2D eigenvalue weighted by atomic mass is 16.5. The van der Waals surface area contributed by atoms with Crippen LogP contribution in [0.15, 0.2) is 53.6 Å². The Kier molecular flexibility index (Phi) is 5.64. The quantitative estimate of drug-likeness (QED) is 0.621. The number of carboxylic acids is 1. The summed E-state index contributed by atoms with van der Waals surface area (Å²) in [7, 11) is 0. The highest BCUT2D eigenvalue weighted by molar-refractivity contribution is 5.89. The normalized spacial score (nSPS) is 10.1. The first kappa shape index (κ1) is 16.7. The Morgan fingerprint density at radius 3 is 2.58 bits per heavy atom. The molecule has 0 heterocycles. The standard InChI is InChI=1S/C17H13N3O4/c18-9-14-3-1-2-4-15(14)24-11-16(21)20-19-10-12-5-7-13(8-6-12)17(22)23/h1-8,10H,11H2,(H,20,21)(H,22,23)/b19-10+. The van der Waals surface area contributed by atoms with Gasteiger partial charge in [0.05, 0.1) is 17.3 Å². The molecule has 0 bridgehead atoms. The van der Waals surface area contributed by atoms with Crippen molar-refractivity contribution < 1.29 is 19.4 Å². The number of aromatic carboxylic acids is 1. The molecule has 0 aromatic heterocycles. The second-order valence-corrected chi connectivity index (χ2v) is 4.62. The highest BCUT2D eigenvalue weighted by Gasteiger charge is 2.05. The zero-order chi connectivity index (χ0) is 17.4. The molecule has 1 amide bonds. The Labute approximate surface area is 137 Å². The molecule has 0 aliphatic carbocycles. The van der Waals surface area contributed by atoms with E-state index in [0.717, 1.165) is 0 Å². The summed E-state index contributed by atoms with van der Waals surface area (Å²) < 4.78 is 5.26. The molecule has 0 unspecified atom stereocenters. The molecule has 2 rings (SSSR count). The van der Waals surface area contributed by atoms with Crippen LogP contribution in [0.25, 0.3) is 0 Å². The van der Waals surface area contributed by atoms with Gasteiger partial charge in [0, 0.05) is 0 Å². The first-order valence-corrected chi connectivity index (χ1v) is 6.87. The summed E-state index contributed by atoms with van der Waals surface area (Å²) in [4.78, 5) is 22.4. The molecule has 0 saturated heterocycles. The van der Waals surface area contributed by atoms with Crippen molar-refractivity contribution in [3.8, 4) is 11.8 Å². The van der Waals surface area contributed by atoms with E-state index in [9.17, 15) is 9.59 Å². The fourth-order valence-corrected chi connectivity index (χ4v) is 1.75. The molecule has 0 radical (unpaired) electrons. The fourth-order valence-electron chi connectivity index (χ4n) is 1.75. The van der Waals surface area contributed by atoms with Crippen molar-refractivity contribution in [1.29, 1.82) is 5.26 Å². The van der Waals surface area contributed by atoms with Gasteiger partial charge in [0.25, 0.3) is 5.91 Å². The summed E-state index contributed by atoms with van der Waals surface area (Å²) in [6.07, 6.45) is 1.38. The molecule has 2 N–H and O–H groups in total. The topological polar surface area (TPSA) is 112 Å². The molecule has 0 aliphatic rings. The van der Waals surface area contributed by atoms with Crippen LogP contribution in [0.4, 0.5) is 0 Å². The van der Waals surface area contributed by atoms with E-state index in [0.29, 0.717) is 16.9 Å². The Hall–Kier alpha value is -3.66. The maximum absolute atomic E-state index is 11.6. The lowest BCUT2D eigenvalue weighted by Crippen LogP contribution is -2.24. The minimum absolute atomic E-state index is 0.167. The average molecular weight is 323 g/mol. The second kappa shape index (κ2) is 8.10. The van der Waals surface area contributed by atoms with Crippen LogP contribution in [0, 0.1) is 11.3 Å². The third-order valence-corrected chi connectivity index (χ3v) is 2.93. The number of nitriles is 1. The van der Waals surface area contributed by atoms with Gasteiger partial charge in [0.2, 0.25) is 0 Å². The van der Waals surface area contributed by atoms with E-state index in [-0.39, 0.29) is 12.2 Å². The van der Waals surface area contributed by atoms with Crippen molar-refractivity contribution in [2.24, 2.45) is 5.10 Å². The summed E-state index contributed by atoms with van der Waals surface area (Å²) in [6, 6.07) is 14.6. The number of nitrogens with zero attached hydrogens (tertiary/aromatic N) is 2. The number of carboxylic acid groups (broad SMARTS) is 1. The zero-order valence-electron chi connectivity index (χ0n) is 12.5. The Morgan fingerprint density at radius 2 is 1.92 bits per heavy atom. The number of hydrogen-bond donors (Lipinski definition) is 2. The van der Waals surface area contributed by atoms with Gasteiger partial charge in [-0.15, -0.1) is 0 Å². The van der Waals surface area contributed by atoms with Crippen molar-refractivity contribution >= 4 is 18.1 Å². The van der Waals surface area contributed by atoms with Gasteiger partial charge in [-0.2, -0.15) is 10.4 Å². The summed E-state index contributed by atoms with van der Waals surface area (Å²) in [5.74, 6) is -1.17.